The molecule has 0 aliphatic carbocycles. The van der Waals surface area contributed by atoms with E-state index in [9.17, 15) is 14.7 Å². The molecule has 0 radical (unpaired) electrons. The van der Waals surface area contributed by atoms with Crippen molar-refractivity contribution in [2.24, 2.45) is 0 Å². The van der Waals surface area contributed by atoms with E-state index in [2.05, 4.69) is 27.4 Å². The van der Waals surface area contributed by atoms with E-state index < -0.39 is 11.7 Å². The van der Waals surface area contributed by atoms with E-state index in [0.717, 1.165) is 0 Å². The molecule has 0 fully saturated rings. The second-order valence-electron chi connectivity index (χ2n) is 8.07. The Balaban J connectivity index is 1.99. The van der Waals surface area contributed by atoms with E-state index in [0.29, 0.717) is 28.0 Å². The number of ether oxygens (including phenoxy) is 2. The van der Waals surface area contributed by atoms with Crippen LogP contribution in [0.2, 0.25) is 0 Å². The lowest BCUT2D eigenvalue weighted by Crippen LogP contribution is -2.27. The van der Waals surface area contributed by atoms with Gasteiger partial charge < -0.3 is 19.9 Å². The molecule has 0 aliphatic heterocycles. The Kier molecular flexibility index (Phi) is 6.06. The Morgan fingerprint density at radius 2 is 1.84 bits per heavy atom. The van der Waals surface area contributed by atoms with Crippen molar-refractivity contribution in [3.8, 4) is 17.2 Å². The van der Waals surface area contributed by atoms with Crippen molar-refractivity contribution >= 4 is 34.4 Å². The molecule has 2 amide bonds. The lowest BCUT2D eigenvalue weighted by molar-refractivity contribution is -0.112. The molecule has 2 aromatic carbocycles. The van der Waals surface area contributed by atoms with Gasteiger partial charge in [-0.2, -0.15) is 0 Å². The third-order valence-electron chi connectivity index (χ3n) is 4.18. The number of anilines is 2. The third-order valence-corrected chi connectivity index (χ3v) is 4.18. The van der Waals surface area contributed by atoms with E-state index in [4.69, 9.17) is 9.47 Å². The first-order chi connectivity index (χ1) is 15.0. The van der Waals surface area contributed by atoms with Crippen LogP contribution in [0.5, 0.6) is 11.5 Å². The molecule has 0 aliphatic rings. The monoisotopic (exact) mass is 439 g/mol. The zero-order valence-corrected chi connectivity index (χ0v) is 18.5. The summed E-state index contributed by atoms with van der Waals surface area (Å²) < 4.78 is 10.7. The Hall–Kier alpha value is -4.08. The van der Waals surface area contributed by atoms with Gasteiger partial charge in [0.05, 0.1) is 12.8 Å². The number of carbonyl (C=O) groups excluding carboxylic acids is 2. The van der Waals surface area contributed by atoms with Crippen LogP contribution in [0.25, 0.3) is 16.7 Å². The number of hydrogen-bond acceptors (Lipinski definition) is 7. The predicted molar refractivity (Wildman–Crippen MR) is 120 cm³/mol. The molecular formula is C22H25N5O5. The largest absolute Gasteiger partial charge is 0.506 e. The van der Waals surface area contributed by atoms with E-state index >= 15 is 0 Å². The van der Waals surface area contributed by atoms with Crippen LogP contribution in [0.3, 0.4) is 0 Å². The van der Waals surface area contributed by atoms with Crippen LogP contribution in [-0.2, 0) is 9.53 Å². The van der Waals surface area contributed by atoms with Gasteiger partial charge in [-0.3, -0.25) is 10.1 Å². The zero-order chi connectivity index (χ0) is 23.6. The number of benzene rings is 2. The molecule has 168 valence electrons. The van der Waals surface area contributed by atoms with Crippen molar-refractivity contribution in [1.82, 2.24) is 15.0 Å². The normalized spacial score (nSPS) is 11.2. The standard InChI is InChI=1S/C22H25N5O5/c1-12(2)20(29)23-13-7-10-17(28)16(11-13)27-25-14-8-9-15(19(31-6)18(14)26-27)24-21(30)32-22(3,4)5/h7-11,28H,1H2,2-6H3,(H,23,29)(H,24,30). The molecule has 0 atom stereocenters. The fraction of sp³-hybridized carbons (Fsp3) is 0.273. The number of aromatic hydroxyl groups is 1. The van der Waals surface area contributed by atoms with Crippen molar-refractivity contribution in [2.75, 3.05) is 17.7 Å². The van der Waals surface area contributed by atoms with Crippen LogP contribution in [-0.4, -0.2) is 44.8 Å². The lowest BCUT2D eigenvalue weighted by atomic mass is 10.2. The summed E-state index contributed by atoms with van der Waals surface area (Å²) in [6.45, 7) is 10.5. The van der Waals surface area contributed by atoms with Crippen LogP contribution in [0.4, 0.5) is 16.2 Å². The quantitative estimate of drug-likeness (QED) is 0.405. The highest BCUT2D eigenvalue weighted by Gasteiger charge is 2.20. The number of phenols is 1. The molecule has 3 rings (SSSR count). The third kappa shape index (κ3) is 4.97. The fourth-order valence-corrected chi connectivity index (χ4v) is 2.78. The summed E-state index contributed by atoms with van der Waals surface area (Å²) in [5.41, 5.74) is 1.54. The van der Waals surface area contributed by atoms with Crippen LogP contribution in [0.15, 0.2) is 42.5 Å². The molecule has 10 nitrogen and oxygen atoms in total. The van der Waals surface area contributed by atoms with E-state index in [1.54, 1.807) is 45.9 Å². The van der Waals surface area contributed by atoms with Crippen LogP contribution < -0.4 is 15.4 Å². The molecule has 32 heavy (non-hydrogen) atoms. The maximum Gasteiger partial charge on any atom is 0.412 e. The number of phenolic OH excluding ortho intramolecular Hbond substituents is 1. The molecule has 10 heteroatoms. The summed E-state index contributed by atoms with van der Waals surface area (Å²) in [4.78, 5) is 25.3. The second-order valence-corrected chi connectivity index (χ2v) is 8.07. The van der Waals surface area contributed by atoms with E-state index in [1.165, 1.54) is 24.0 Å². The Labute approximate surface area is 184 Å². The highest BCUT2D eigenvalue weighted by atomic mass is 16.6. The van der Waals surface area contributed by atoms with Crippen molar-refractivity contribution in [1.29, 1.82) is 0 Å². The Morgan fingerprint density at radius 1 is 1.12 bits per heavy atom. The number of hydrogen-bond donors (Lipinski definition) is 3. The SMILES string of the molecule is C=C(C)C(=O)Nc1ccc(O)c(-n2nc3ccc(NC(=O)OC(C)(C)C)c(OC)c3n2)c1. The fourth-order valence-electron chi connectivity index (χ4n) is 2.78. The molecule has 0 saturated carbocycles. The van der Waals surface area contributed by atoms with Crippen molar-refractivity contribution in [2.45, 2.75) is 33.3 Å². The van der Waals surface area contributed by atoms with Crippen molar-refractivity contribution in [3.05, 3.63) is 42.5 Å². The lowest BCUT2D eigenvalue weighted by Gasteiger charge is -2.20. The molecule has 0 bridgehead atoms. The summed E-state index contributed by atoms with van der Waals surface area (Å²) in [5.74, 6) is -0.157. The van der Waals surface area contributed by atoms with Gasteiger partial charge >= 0.3 is 6.09 Å². The van der Waals surface area contributed by atoms with Crippen molar-refractivity contribution < 1.29 is 24.2 Å². The highest BCUT2D eigenvalue weighted by Crippen LogP contribution is 2.33. The first-order valence-corrected chi connectivity index (χ1v) is 9.73. The average molecular weight is 439 g/mol. The van der Waals surface area contributed by atoms with Gasteiger partial charge in [-0.15, -0.1) is 15.0 Å². The molecule has 0 unspecified atom stereocenters. The molecule has 0 spiro atoms. The number of methoxy groups -OCH3 is 1. The maximum absolute atomic E-state index is 12.2. The predicted octanol–water partition coefficient (Wildman–Crippen LogP) is 4.00. The molecule has 1 aromatic heterocycles. The summed E-state index contributed by atoms with van der Waals surface area (Å²) in [7, 11) is 1.44. The zero-order valence-electron chi connectivity index (χ0n) is 18.5. The Bertz CT molecular complexity index is 1210. The summed E-state index contributed by atoms with van der Waals surface area (Å²) >= 11 is 0. The number of nitrogens with zero attached hydrogens (tertiary/aromatic N) is 3. The average Bonchev–Trinajstić information content (AvgIpc) is 3.11. The molecular weight excluding hydrogens is 414 g/mol. The van der Waals surface area contributed by atoms with Crippen LogP contribution >= 0.6 is 0 Å². The molecule has 0 saturated heterocycles. The number of nitrogens with one attached hydrogen (secondary N) is 2. The highest BCUT2D eigenvalue weighted by molar-refractivity contribution is 6.03. The first-order valence-electron chi connectivity index (χ1n) is 9.73. The minimum atomic E-state index is -0.660. The van der Waals surface area contributed by atoms with Gasteiger partial charge in [0.15, 0.2) is 11.3 Å². The van der Waals surface area contributed by atoms with Gasteiger partial charge in [0.2, 0.25) is 0 Å². The smallest absolute Gasteiger partial charge is 0.412 e. The van der Waals surface area contributed by atoms with Gasteiger partial charge in [0.1, 0.15) is 22.6 Å². The van der Waals surface area contributed by atoms with E-state index in [1.807, 2.05) is 0 Å². The van der Waals surface area contributed by atoms with Gasteiger partial charge in [0, 0.05) is 11.3 Å². The molecule has 3 aromatic rings. The number of rotatable bonds is 5. The summed E-state index contributed by atoms with van der Waals surface area (Å²) in [5, 5.41) is 24.4. The number of amides is 2. The minimum absolute atomic E-state index is 0.0929. The van der Waals surface area contributed by atoms with Gasteiger partial charge in [-0.1, -0.05) is 6.58 Å². The molecule has 3 N–H and O–H groups in total. The maximum atomic E-state index is 12.2. The first kappa shape index (κ1) is 22.6. The van der Waals surface area contributed by atoms with Crippen LogP contribution in [0, 0.1) is 0 Å². The van der Waals surface area contributed by atoms with Gasteiger partial charge in [-0.25, -0.2) is 4.79 Å². The van der Waals surface area contributed by atoms with Gasteiger partial charge in [-0.05, 0) is 58.0 Å². The Morgan fingerprint density at radius 3 is 2.47 bits per heavy atom. The number of fused-ring (bicyclic) bond motifs is 1. The topological polar surface area (TPSA) is 128 Å². The summed E-state index contributed by atoms with van der Waals surface area (Å²) in [6, 6.07) is 7.77. The van der Waals surface area contributed by atoms with E-state index in [-0.39, 0.29) is 23.1 Å². The summed E-state index contributed by atoms with van der Waals surface area (Å²) in [6.07, 6.45) is -0.638. The second kappa shape index (κ2) is 8.58. The molecule has 1 heterocycles. The van der Waals surface area contributed by atoms with Gasteiger partial charge in [0.25, 0.3) is 5.91 Å². The van der Waals surface area contributed by atoms with Crippen LogP contribution in [0.1, 0.15) is 27.7 Å². The van der Waals surface area contributed by atoms with Crippen molar-refractivity contribution in [3.63, 3.8) is 0 Å². The number of aromatic nitrogens is 3. The minimum Gasteiger partial charge on any atom is -0.506 e. The number of carbonyl (C=O) groups is 2.